The Bertz CT molecular complexity index is 985. The Morgan fingerprint density at radius 2 is 1.75 bits per heavy atom. The first kappa shape index (κ1) is 21.8. The SMILES string of the molecule is O=C(NC1C[C@H]2CC[C@@H](C1)N2S(=O)(=O)CC1CCNCC1)c1ccc2c(c1)OC(F)(F)O2. The van der Waals surface area contributed by atoms with Gasteiger partial charge in [0.1, 0.15) is 0 Å². The summed E-state index contributed by atoms with van der Waals surface area (Å²) in [5.74, 6) is -0.308. The Kier molecular flexibility index (Phi) is 5.53. The van der Waals surface area contributed by atoms with Gasteiger partial charge in [-0.3, -0.25) is 4.79 Å². The molecule has 0 saturated carbocycles. The fraction of sp³-hybridized carbons (Fsp3) is 0.667. The van der Waals surface area contributed by atoms with E-state index in [1.807, 2.05) is 0 Å². The zero-order valence-corrected chi connectivity index (χ0v) is 18.4. The molecule has 1 unspecified atom stereocenters. The molecular formula is C21H27F2N3O5S. The van der Waals surface area contributed by atoms with Crippen molar-refractivity contribution in [3.63, 3.8) is 0 Å². The molecule has 176 valence electrons. The molecule has 2 N–H and O–H groups in total. The molecule has 1 aromatic carbocycles. The smallest absolute Gasteiger partial charge is 0.395 e. The van der Waals surface area contributed by atoms with Crippen LogP contribution in [0.4, 0.5) is 8.78 Å². The van der Waals surface area contributed by atoms with Crippen molar-refractivity contribution in [2.45, 2.75) is 62.9 Å². The van der Waals surface area contributed by atoms with Crippen molar-refractivity contribution in [2.75, 3.05) is 18.8 Å². The van der Waals surface area contributed by atoms with Crippen LogP contribution in [0, 0.1) is 5.92 Å². The van der Waals surface area contributed by atoms with Gasteiger partial charge in [0.15, 0.2) is 11.5 Å². The highest BCUT2D eigenvalue weighted by Gasteiger charge is 2.47. The molecule has 3 atom stereocenters. The van der Waals surface area contributed by atoms with Crippen LogP contribution in [-0.2, 0) is 10.0 Å². The van der Waals surface area contributed by atoms with Gasteiger partial charge in [0.05, 0.1) is 5.75 Å². The van der Waals surface area contributed by atoms with Crippen molar-refractivity contribution in [2.24, 2.45) is 5.92 Å². The number of benzene rings is 1. The van der Waals surface area contributed by atoms with Crippen LogP contribution in [0.5, 0.6) is 11.5 Å². The second-order valence-electron chi connectivity index (χ2n) is 9.16. The molecule has 3 fully saturated rings. The Morgan fingerprint density at radius 3 is 2.44 bits per heavy atom. The van der Waals surface area contributed by atoms with Gasteiger partial charge in [-0.1, -0.05) is 0 Å². The van der Waals surface area contributed by atoms with Crippen molar-refractivity contribution in [3.05, 3.63) is 23.8 Å². The zero-order valence-electron chi connectivity index (χ0n) is 17.6. The quantitative estimate of drug-likeness (QED) is 0.683. The van der Waals surface area contributed by atoms with Crippen molar-refractivity contribution >= 4 is 15.9 Å². The van der Waals surface area contributed by atoms with Crippen LogP contribution in [-0.4, -0.2) is 61.9 Å². The van der Waals surface area contributed by atoms with Crippen molar-refractivity contribution in [1.82, 2.24) is 14.9 Å². The van der Waals surface area contributed by atoms with E-state index in [0.29, 0.717) is 12.8 Å². The summed E-state index contributed by atoms with van der Waals surface area (Å²) in [5, 5.41) is 6.21. The van der Waals surface area contributed by atoms with E-state index in [-0.39, 0.29) is 46.9 Å². The Morgan fingerprint density at radius 1 is 1.09 bits per heavy atom. The summed E-state index contributed by atoms with van der Waals surface area (Å²) in [6.07, 6.45) is 0.712. The Hall–Kier alpha value is -1.98. The number of alkyl halides is 2. The third-order valence-corrected chi connectivity index (χ3v) is 9.02. The normalized spacial score (nSPS) is 29.8. The molecule has 4 aliphatic rings. The van der Waals surface area contributed by atoms with Crippen molar-refractivity contribution < 1.29 is 31.5 Å². The molecule has 11 heteroatoms. The first-order chi connectivity index (χ1) is 15.2. The number of carbonyl (C=O) groups excluding carboxylic acids is 1. The second-order valence-corrected chi connectivity index (χ2v) is 11.1. The van der Waals surface area contributed by atoms with Gasteiger partial charge in [0.25, 0.3) is 5.91 Å². The zero-order chi connectivity index (χ0) is 22.5. The van der Waals surface area contributed by atoms with E-state index in [9.17, 15) is 22.0 Å². The predicted molar refractivity (Wildman–Crippen MR) is 111 cm³/mol. The summed E-state index contributed by atoms with van der Waals surface area (Å²) in [6, 6.07) is 3.54. The molecule has 0 aromatic heterocycles. The molecule has 0 aliphatic carbocycles. The number of fused-ring (bicyclic) bond motifs is 3. The maximum absolute atomic E-state index is 13.2. The third kappa shape index (κ3) is 4.29. The molecule has 2 bridgehead atoms. The van der Waals surface area contributed by atoms with E-state index in [2.05, 4.69) is 20.1 Å². The van der Waals surface area contributed by atoms with Crippen LogP contribution in [0.25, 0.3) is 0 Å². The molecule has 32 heavy (non-hydrogen) atoms. The summed E-state index contributed by atoms with van der Waals surface area (Å²) in [6.45, 7) is 1.72. The average Bonchev–Trinajstić information content (AvgIpc) is 3.20. The molecule has 0 radical (unpaired) electrons. The van der Waals surface area contributed by atoms with Crippen molar-refractivity contribution in [1.29, 1.82) is 0 Å². The number of rotatable bonds is 5. The van der Waals surface area contributed by atoms with E-state index >= 15 is 0 Å². The number of hydrogen-bond acceptors (Lipinski definition) is 6. The number of ether oxygens (including phenoxy) is 2. The van der Waals surface area contributed by atoms with Crippen LogP contribution in [0.1, 0.15) is 48.9 Å². The number of nitrogens with one attached hydrogen (secondary N) is 2. The van der Waals surface area contributed by atoms with Gasteiger partial charge in [-0.15, -0.1) is 8.78 Å². The highest BCUT2D eigenvalue weighted by Crippen LogP contribution is 2.42. The summed E-state index contributed by atoms with van der Waals surface area (Å²) in [7, 11) is -3.35. The first-order valence-electron chi connectivity index (χ1n) is 11.1. The molecule has 5 rings (SSSR count). The summed E-state index contributed by atoms with van der Waals surface area (Å²) in [5.41, 5.74) is 0.193. The molecule has 0 spiro atoms. The first-order valence-corrected chi connectivity index (χ1v) is 12.7. The molecule has 4 heterocycles. The van der Waals surface area contributed by atoms with Crippen LogP contribution >= 0.6 is 0 Å². The van der Waals surface area contributed by atoms with Crippen LogP contribution in [0.15, 0.2) is 18.2 Å². The van der Waals surface area contributed by atoms with Gasteiger partial charge >= 0.3 is 6.29 Å². The summed E-state index contributed by atoms with van der Waals surface area (Å²) in [4.78, 5) is 12.7. The highest BCUT2D eigenvalue weighted by molar-refractivity contribution is 7.89. The lowest BCUT2D eigenvalue weighted by Crippen LogP contribution is -2.53. The van der Waals surface area contributed by atoms with E-state index in [1.165, 1.54) is 18.2 Å². The number of sulfonamides is 1. The number of carbonyl (C=O) groups is 1. The number of nitrogens with zero attached hydrogens (tertiary/aromatic N) is 1. The predicted octanol–water partition coefficient (Wildman–Crippen LogP) is 2.06. The minimum Gasteiger partial charge on any atom is -0.395 e. The van der Waals surface area contributed by atoms with Gasteiger partial charge in [-0.25, -0.2) is 8.42 Å². The van der Waals surface area contributed by atoms with Crippen molar-refractivity contribution in [3.8, 4) is 11.5 Å². The molecule has 3 saturated heterocycles. The fourth-order valence-corrected chi connectivity index (χ4v) is 7.89. The monoisotopic (exact) mass is 471 g/mol. The topological polar surface area (TPSA) is 97.0 Å². The maximum Gasteiger partial charge on any atom is 0.586 e. The molecule has 4 aliphatic heterocycles. The van der Waals surface area contributed by atoms with Crippen LogP contribution in [0.3, 0.4) is 0 Å². The van der Waals surface area contributed by atoms with Gasteiger partial charge in [0.2, 0.25) is 10.0 Å². The maximum atomic E-state index is 13.2. The average molecular weight is 472 g/mol. The molecular weight excluding hydrogens is 444 g/mol. The summed E-state index contributed by atoms with van der Waals surface area (Å²) >= 11 is 0. The number of amides is 1. The van der Waals surface area contributed by atoms with E-state index in [0.717, 1.165) is 38.8 Å². The number of piperidine rings is 2. The van der Waals surface area contributed by atoms with E-state index < -0.39 is 22.2 Å². The van der Waals surface area contributed by atoms with E-state index in [1.54, 1.807) is 4.31 Å². The van der Waals surface area contributed by atoms with E-state index in [4.69, 9.17) is 0 Å². The Balaban J connectivity index is 1.22. The highest BCUT2D eigenvalue weighted by atomic mass is 32.2. The van der Waals surface area contributed by atoms with Crippen LogP contribution in [0.2, 0.25) is 0 Å². The lowest BCUT2D eigenvalue weighted by Gasteiger charge is -2.39. The molecule has 8 nitrogen and oxygen atoms in total. The van der Waals surface area contributed by atoms with Gasteiger partial charge in [-0.2, -0.15) is 4.31 Å². The lowest BCUT2D eigenvalue weighted by atomic mass is 9.99. The van der Waals surface area contributed by atoms with Crippen LogP contribution < -0.4 is 20.1 Å². The number of halogens is 2. The van der Waals surface area contributed by atoms with Gasteiger partial charge in [-0.05, 0) is 75.7 Å². The minimum atomic E-state index is -3.73. The lowest BCUT2D eigenvalue weighted by molar-refractivity contribution is -0.286. The third-order valence-electron chi connectivity index (χ3n) is 6.89. The largest absolute Gasteiger partial charge is 0.586 e. The van der Waals surface area contributed by atoms with Gasteiger partial charge < -0.3 is 20.1 Å². The fourth-order valence-electron chi connectivity index (χ4n) is 5.50. The van der Waals surface area contributed by atoms with Gasteiger partial charge in [0, 0.05) is 23.7 Å². The molecule has 1 aromatic rings. The Labute approximate surface area is 185 Å². The summed E-state index contributed by atoms with van der Waals surface area (Å²) < 4.78 is 63.2. The molecule has 1 amide bonds. The second kappa shape index (κ2) is 8.11. The standard InChI is InChI=1S/C21H27F2N3O5S/c22-21(23)30-18-4-1-14(9-19(18)31-21)20(27)25-15-10-16-2-3-17(11-15)26(16)32(28,29)12-13-5-7-24-8-6-13/h1,4,9,13,15-17,24H,2-3,5-8,10-12H2,(H,25,27)/t15?,16-,17+. The minimum absolute atomic E-state index is 0.110. The number of hydrogen-bond donors (Lipinski definition) is 2.